The van der Waals surface area contributed by atoms with Gasteiger partial charge in [-0.15, -0.1) is 0 Å². The van der Waals surface area contributed by atoms with E-state index in [2.05, 4.69) is 4.98 Å². The molecule has 0 radical (unpaired) electrons. The number of nitrogens with zero attached hydrogens (tertiary/aromatic N) is 4. The SMILES string of the molecule is Cc1ccc(-n2c(=O)n(CC(C)C)c(=O)c3c2ncn3CCOc2ccccc2)c(C)c1. The van der Waals surface area contributed by atoms with Crippen LogP contribution in [0.4, 0.5) is 0 Å². The summed E-state index contributed by atoms with van der Waals surface area (Å²) >= 11 is 0. The number of hydrogen-bond acceptors (Lipinski definition) is 4. The minimum Gasteiger partial charge on any atom is -0.492 e. The van der Waals surface area contributed by atoms with Gasteiger partial charge in [0.25, 0.3) is 5.56 Å². The molecule has 0 fully saturated rings. The van der Waals surface area contributed by atoms with E-state index in [1.165, 1.54) is 4.57 Å². The van der Waals surface area contributed by atoms with E-state index in [-0.39, 0.29) is 17.2 Å². The van der Waals surface area contributed by atoms with E-state index in [1.807, 2.05) is 76.2 Å². The number of para-hydroxylation sites is 1. The molecule has 32 heavy (non-hydrogen) atoms. The molecule has 0 saturated carbocycles. The lowest BCUT2D eigenvalue weighted by Gasteiger charge is -2.16. The molecule has 0 aliphatic heterocycles. The zero-order valence-electron chi connectivity index (χ0n) is 18.9. The van der Waals surface area contributed by atoms with Gasteiger partial charge in [0.1, 0.15) is 12.4 Å². The lowest BCUT2D eigenvalue weighted by atomic mass is 10.1. The first kappa shape index (κ1) is 21.6. The van der Waals surface area contributed by atoms with Crippen molar-refractivity contribution in [1.29, 1.82) is 0 Å². The molecule has 4 rings (SSSR count). The van der Waals surface area contributed by atoms with Crippen molar-refractivity contribution in [3.8, 4) is 11.4 Å². The fraction of sp³-hybridized carbons (Fsp3) is 0.320. The predicted octanol–water partition coefficient (Wildman–Crippen LogP) is 3.70. The summed E-state index contributed by atoms with van der Waals surface area (Å²) in [7, 11) is 0. The first-order chi connectivity index (χ1) is 15.4. The van der Waals surface area contributed by atoms with Gasteiger partial charge in [0.15, 0.2) is 11.2 Å². The van der Waals surface area contributed by atoms with E-state index in [0.29, 0.717) is 30.9 Å². The number of hydrogen-bond donors (Lipinski definition) is 0. The molecular formula is C25H28N4O3. The predicted molar refractivity (Wildman–Crippen MR) is 126 cm³/mol. The smallest absolute Gasteiger partial charge is 0.337 e. The number of aryl methyl sites for hydroxylation is 2. The molecule has 7 nitrogen and oxygen atoms in total. The van der Waals surface area contributed by atoms with Gasteiger partial charge < -0.3 is 9.30 Å². The first-order valence-electron chi connectivity index (χ1n) is 10.8. The van der Waals surface area contributed by atoms with Gasteiger partial charge >= 0.3 is 5.69 Å². The van der Waals surface area contributed by atoms with E-state index in [9.17, 15) is 9.59 Å². The number of ether oxygens (including phenoxy) is 1. The quantitative estimate of drug-likeness (QED) is 0.446. The number of fused-ring (bicyclic) bond motifs is 1. The lowest BCUT2D eigenvalue weighted by Crippen LogP contribution is -2.41. The lowest BCUT2D eigenvalue weighted by molar-refractivity contribution is 0.300. The number of benzene rings is 2. The molecule has 0 amide bonds. The summed E-state index contributed by atoms with van der Waals surface area (Å²) in [6, 6.07) is 15.4. The van der Waals surface area contributed by atoms with Crippen LogP contribution >= 0.6 is 0 Å². The summed E-state index contributed by atoms with van der Waals surface area (Å²) in [6.45, 7) is 9.10. The highest BCUT2D eigenvalue weighted by atomic mass is 16.5. The number of aromatic nitrogens is 4. The van der Waals surface area contributed by atoms with Crippen LogP contribution in [0.5, 0.6) is 5.75 Å². The molecule has 7 heteroatoms. The van der Waals surface area contributed by atoms with Crippen LogP contribution in [0.25, 0.3) is 16.9 Å². The molecule has 0 aliphatic carbocycles. The largest absolute Gasteiger partial charge is 0.492 e. The molecule has 2 aromatic carbocycles. The van der Waals surface area contributed by atoms with E-state index in [4.69, 9.17) is 4.74 Å². The molecule has 0 unspecified atom stereocenters. The van der Waals surface area contributed by atoms with Gasteiger partial charge in [-0.3, -0.25) is 9.36 Å². The maximum absolute atomic E-state index is 13.4. The monoisotopic (exact) mass is 432 g/mol. The molecule has 0 atom stereocenters. The zero-order chi connectivity index (χ0) is 22.8. The van der Waals surface area contributed by atoms with Crippen molar-refractivity contribution in [3.63, 3.8) is 0 Å². The van der Waals surface area contributed by atoms with Crippen molar-refractivity contribution in [2.45, 2.75) is 40.8 Å². The molecule has 0 spiro atoms. The molecule has 166 valence electrons. The molecule has 0 bridgehead atoms. The van der Waals surface area contributed by atoms with Crippen molar-refractivity contribution in [3.05, 3.63) is 86.8 Å². The Labute approximate surface area is 186 Å². The van der Waals surface area contributed by atoms with Gasteiger partial charge in [-0.1, -0.05) is 49.7 Å². The first-order valence-corrected chi connectivity index (χ1v) is 10.8. The van der Waals surface area contributed by atoms with Crippen LogP contribution in [0.2, 0.25) is 0 Å². The third kappa shape index (κ3) is 4.10. The number of imidazole rings is 1. The molecule has 0 saturated heterocycles. The van der Waals surface area contributed by atoms with Gasteiger partial charge in [-0.25, -0.2) is 14.3 Å². The Balaban J connectivity index is 1.84. The van der Waals surface area contributed by atoms with Crippen LogP contribution in [-0.4, -0.2) is 25.3 Å². The van der Waals surface area contributed by atoms with Crippen molar-refractivity contribution in [2.75, 3.05) is 6.61 Å². The normalized spacial score (nSPS) is 11.4. The maximum atomic E-state index is 13.4. The summed E-state index contributed by atoms with van der Waals surface area (Å²) < 4.78 is 10.5. The van der Waals surface area contributed by atoms with Gasteiger partial charge in [-0.05, 0) is 43.5 Å². The second-order valence-corrected chi connectivity index (χ2v) is 8.49. The van der Waals surface area contributed by atoms with E-state index in [1.54, 1.807) is 15.5 Å². The van der Waals surface area contributed by atoms with Crippen molar-refractivity contribution in [2.24, 2.45) is 5.92 Å². The second kappa shape index (κ2) is 8.86. The average molecular weight is 433 g/mol. The van der Waals surface area contributed by atoms with E-state index < -0.39 is 0 Å². The summed E-state index contributed by atoms with van der Waals surface area (Å²) in [4.78, 5) is 31.3. The molecule has 4 aromatic rings. The average Bonchev–Trinajstić information content (AvgIpc) is 3.17. The fourth-order valence-electron chi connectivity index (χ4n) is 3.93. The highest BCUT2D eigenvalue weighted by Gasteiger charge is 2.20. The molecule has 2 heterocycles. The maximum Gasteiger partial charge on any atom is 0.337 e. The van der Waals surface area contributed by atoms with Crippen molar-refractivity contribution >= 4 is 11.2 Å². The third-order valence-electron chi connectivity index (χ3n) is 5.39. The fourth-order valence-corrected chi connectivity index (χ4v) is 3.93. The second-order valence-electron chi connectivity index (χ2n) is 8.49. The summed E-state index contributed by atoms with van der Waals surface area (Å²) in [5, 5.41) is 0. The van der Waals surface area contributed by atoms with Gasteiger partial charge in [0.2, 0.25) is 0 Å². The molecular weight excluding hydrogens is 404 g/mol. The van der Waals surface area contributed by atoms with E-state index >= 15 is 0 Å². The van der Waals surface area contributed by atoms with Crippen molar-refractivity contribution < 1.29 is 4.74 Å². The highest BCUT2D eigenvalue weighted by molar-refractivity contribution is 5.73. The Morgan fingerprint density at radius 2 is 1.78 bits per heavy atom. The van der Waals surface area contributed by atoms with Crippen LogP contribution in [0.1, 0.15) is 25.0 Å². The topological polar surface area (TPSA) is 71.0 Å². The van der Waals surface area contributed by atoms with Gasteiger partial charge in [0, 0.05) is 6.54 Å². The Hall–Kier alpha value is -3.61. The minimum absolute atomic E-state index is 0.142. The Kier molecular flexibility index (Phi) is 5.99. The van der Waals surface area contributed by atoms with Crippen LogP contribution in [0.15, 0.2) is 64.4 Å². The summed E-state index contributed by atoms with van der Waals surface area (Å²) in [6.07, 6.45) is 1.61. The van der Waals surface area contributed by atoms with Crippen molar-refractivity contribution in [1.82, 2.24) is 18.7 Å². The Morgan fingerprint density at radius 3 is 2.47 bits per heavy atom. The molecule has 0 aliphatic rings. The van der Waals surface area contributed by atoms with Crippen LogP contribution in [0.3, 0.4) is 0 Å². The summed E-state index contributed by atoms with van der Waals surface area (Å²) in [5.41, 5.74) is 2.87. The standard InChI is InChI=1S/C25H28N4O3/c1-17(2)15-28-24(30)22-23(29(25(28)31)21-11-10-18(3)14-19(21)4)26-16-27(22)12-13-32-20-8-6-5-7-9-20/h5-11,14,16-17H,12-13,15H2,1-4H3. The van der Waals surface area contributed by atoms with Gasteiger partial charge in [0.05, 0.1) is 18.6 Å². The van der Waals surface area contributed by atoms with Crippen LogP contribution < -0.4 is 16.0 Å². The zero-order valence-corrected chi connectivity index (χ0v) is 18.9. The van der Waals surface area contributed by atoms with E-state index in [0.717, 1.165) is 22.6 Å². The third-order valence-corrected chi connectivity index (χ3v) is 5.39. The minimum atomic E-state index is -0.367. The van der Waals surface area contributed by atoms with Crippen LogP contribution in [-0.2, 0) is 13.1 Å². The van der Waals surface area contributed by atoms with Gasteiger partial charge in [-0.2, -0.15) is 0 Å². The highest BCUT2D eigenvalue weighted by Crippen LogP contribution is 2.18. The Morgan fingerprint density at radius 1 is 1.03 bits per heavy atom. The molecule has 0 N–H and O–H groups in total. The van der Waals surface area contributed by atoms with Crippen LogP contribution in [0, 0.1) is 19.8 Å². The number of rotatable bonds is 7. The summed E-state index contributed by atoms with van der Waals surface area (Å²) in [5.74, 6) is 0.907. The Bertz CT molecular complexity index is 1360. The molecule has 2 aromatic heterocycles.